The van der Waals surface area contributed by atoms with Gasteiger partial charge in [-0.2, -0.15) is 0 Å². The third-order valence-corrected chi connectivity index (χ3v) is 6.46. The van der Waals surface area contributed by atoms with Crippen molar-refractivity contribution in [1.29, 1.82) is 0 Å². The van der Waals surface area contributed by atoms with Gasteiger partial charge in [0.1, 0.15) is 24.0 Å². The molecule has 0 saturated carbocycles. The maximum atomic E-state index is 14.0. The second kappa shape index (κ2) is 8.45. The number of carbonyl (C=O) groups excluding carboxylic acids is 1. The van der Waals surface area contributed by atoms with Gasteiger partial charge in [-0.3, -0.25) is 9.52 Å². The van der Waals surface area contributed by atoms with Gasteiger partial charge in [0.15, 0.2) is 4.90 Å². The summed E-state index contributed by atoms with van der Waals surface area (Å²) >= 11 is 0. The van der Waals surface area contributed by atoms with E-state index < -0.39 is 32.0 Å². The molecule has 1 aliphatic rings. The van der Waals surface area contributed by atoms with Gasteiger partial charge in [-0.15, -0.1) is 0 Å². The number of amides is 1. The Kier molecular flexibility index (Phi) is 6.27. The zero-order valence-corrected chi connectivity index (χ0v) is 18.7. The first-order chi connectivity index (χ1) is 14.4. The minimum Gasteiger partial charge on any atom is -0.490 e. The Hall–Kier alpha value is -2.68. The van der Waals surface area contributed by atoms with Crippen LogP contribution in [0.1, 0.15) is 34.1 Å². The Balaban J connectivity index is 2.01. The van der Waals surface area contributed by atoms with Crippen molar-refractivity contribution in [2.24, 2.45) is 11.3 Å². The second-order valence-corrected chi connectivity index (χ2v) is 10.3. The number of sulfonamides is 1. The van der Waals surface area contributed by atoms with Gasteiger partial charge in [-0.1, -0.05) is 19.9 Å². The number of halogens is 2. The zero-order valence-electron chi connectivity index (χ0n) is 17.9. The van der Waals surface area contributed by atoms with Crippen LogP contribution in [0.4, 0.5) is 20.2 Å². The summed E-state index contributed by atoms with van der Waals surface area (Å²) in [5, 5.41) is 0. The molecular weight excluding hydrogens is 426 g/mol. The van der Waals surface area contributed by atoms with Crippen molar-refractivity contribution in [1.82, 2.24) is 0 Å². The lowest BCUT2D eigenvalue weighted by atomic mass is 9.92. The molecule has 31 heavy (non-hydrogen) atoms. The van der Waals surface area contributed by atoms with Crippen molar-refractivity contribution >= 4 is 27.3 Å². The highest BCUT2D eigenvalue weighted by molar-refractivity contribution is 7.92. The van der Waals surface area contributed by atoms with E-state index in [1.807, 2.05) is 13.8 Å². The maximum absolute atomic E-state index is 14.0. The van der Waals surface area contributed by atoms with Gasteiger partial charge in [0, 0.05) is 6.54 Å². The summed E-state index contributed by atoms with van der Waals surface area (Å²) in [6.45, 7) is 8.25. The predicted octanol–water partition coefficient (Wildman–Crippen LogP) is 4.56. The molecule has 0 aliphatic carbocycles. The van der Waals surface area contributed by atoms with E-state index >= 15 is 0 Å². The SMILES string of the molecule is CC(C)CCN1C(=O)C(C)(C)COc2ccc(NS(=O)(=O)c3c(F)cccc3F)cc21. The summed E-state index contributed by atoms with van der Waals surface area (Å²) in [6, 6.07) is 7.25. The largest absolute Gasteiger partial charge is 0.490 e. The van der Waals surface area contributed by atoms with Crippen LogP contribution in [-0.2, 0) is 14.8 Å². The molecule has 6 nitrogen and oxygen atoms in total. The van der Waals surface area contributed by atoms with Gasteiger partial charge in [0.25, 0.3) is 10.0 Å². The Morgan fingerprint density at radius 2 is 1.81 bits per heavy atom. The smallest absolute Gasteiger partial charge is 0.267 e. The van der Waals surface area contributed by atoms with Gasteiger partial charge in [-0.05, 0) is 56.5 Å². The van der Waals surface area contributed by atoms with Crippen LogP contribution < -0.4 is 14.4 Å². The van der Waals surface area contributed by atoms with Gasteiger partial charge in [0.05, 0.1) is 16.8 Å². The number of hydrogen-bond donors (Lipinski definition) is 1. The first kappa shape index (κ1) is 23.0. The Bertz CT molecular complexity index is 1080. The van der Waals surface area contributed by atoms with Crippen LogP contribution in [0.3, 0.4) is 0 Å². The first-order valence-electron chi connectivity index (χ1n) is 9.98. The lowest BCUT2D eigenvalue weighted by Crippen LogP contribution is -2.42. The fourth-order valence-corrected chi connectivity index (χ4v) is 4.45. The third-order valence-electron chi connectivity index (χ3n) is 5.03. The third kappa shape index (κ3) is 4.81. The lowest BCUT2D eigenvalue weighted by molar-refractivity contribution is -0.127. The van der Waals surface area contributed by atoms with E-state index in [1.165, 1.54) is 12.1 Å². The zero-order chi connectivity index (χ0) is 23.0. The number of hydrogen-bond acceptors (Lipinski definition) is 4. The lowest BCUT2D eigenvalue weighted by Gasteiger charge is -2.28. The molecule has 0 fully saturated rings. The number of carbonyl (C=O) groups is 1. The summed E-state index contributed by atoms with van der Waals surface area (Å²) in [4.78, 5) is 13.7. The quantitative estimate of drug-likeness (QED) is 0.697. The molecule has 0 radical (unpaired) electrons. The van der Waals surface area contributed by atoms with Crippen molar-refractivity contribution in [2.75, 3.05) is 22.8 Å². The number of rotatable bonds is 6. The fraction of sp³-hybridized carbons (Fsp3) is 0.409. The number of fused-ring (bicyclic) bond motifs is 1. The Morgan fingerprint density at radius 3 is 2.42 bits per heavy atom. The number of anilines is 2. The summed E-state index contributed by atoms with van der Waals surface area (Å²) < 4.78 is 61.3. The average Bonchev–Trinajstić information content (AvgIpc) is 2.74. The molecule has 0 bridgehead atoms. The van der Waals surface area contributed by atoms with Gasteiger partial charge < -0.3 is 9.64 Å². The van der Waals surface area contributed by atoms with E-state index in [0.29, 0.717) is 23.9 Å². The number of nitrogens with one attached hydrogen (secondary N) is 1. The van der Waals surface area contributed by atoms with Crippen LogP contribution in [0.5, 0.6) is 5.75 Å². The Labute approximate surface area is 181 Å². The summed E-state index contributed by atoms with van der Waals surface area (Å²) in [5.74, 6) is -1.76. The van der Waals surface area contributed by atoms with E-state index in [-0.39, 0.29) is 18.2 Å². The van der Waals surface area contributed by atoms with Crippen LogP contribution in [-0.4, -0.2) is 27.5 Å². The standard InChI is InChI=1S/C22H26F2N2O4S/c1-14(2)10-11-26-18-12-15(8-9-19(18)30-13-22(3,4)21(26)27)25-31(28,29)20-16(23)6-5-7-17(20)24/h5-9,12,14,25H,10-11,13H2,1-4H3. The predicted molar refractivity (Wildman–Crippen MR) is 115 cm³/mol. The van der Waals surface area contributed by atoms with E-state index in [1.54, 1.807) is 24.8 Å². The average molecular weight is 453 g/mol. The molecule has 2 aromatic rings. The molecule has 0 unspecified atom stereocenters. The van der Waals surface area contributed by atoms with E-state index in [9.17, 15) is 22.0 Å². The minimum absolute atomic E-state index is 0.0621. The molecule has 9 heteroatoms. The van der Waals surface area contributed by atoms with Crippen molar-refractivity contribution in [3.63, 3.8) is 0 Å². The van der Waals surface area contributed by atoms with Crippen molar-refractivity contribution < 1.29 is 26.7 Å². The van der Waals surface area contributed by atoms with Crippen molar-refractivity contribution in [3.8, 4) is 5.75 Å². The van der Waals surface area contributed by atoms with Gasteiger partial charge >= 0.3 is 0 Å². The highest BCUT2D eigenvalue weighted by atomic mass is 32.2. The summed E-state index contributed by atoms with van der Waals surface area (Å²) in [7, 11) is -4.53. The van der Waals surface area contributed by atoms with E-state index in [2.05, 4.69) is 4.72 Å². The maximum Gasteiger partial charge on any atom is 0.267 e. The first-order valence-corrected chi connectivity index (χ1v) is 11.5. The molecule has 0 saturated heterocycles. The van der Waals surface area contributed by atoms with Crippen molar-refractivity contribution in [3.05, 3.63) is 48.0 Å². The van der Waals surface area contributed by atoms with Crippen LogP contribution in [0.2, 0.25) is 0 Å². The highest BCUT2D eigenvalue weighted by Crippen LogP contribution is 2.39. The molecule has 1 N–H and O–H groups in total. The number of benzene rings is 2. The topological polar surface area (TPSA) is 75.7 Å². The molecule has 168 valence electrons. The Morgan fingerprint density at radius 1 is 1.16 bits per heavy atom. The molecule has 1 aliphatic heterocycles. The molecular formula is C22H26F2N2O4S. The summed E-state index contributed by atoms with van der Waals surface area (Å²) in [6.07, 6.45) is 0.734. The van der Waals surface area contributed by atoms with Crippen LogP contribution >= 0.6 is 0 Å². The molecule has 1 amide bonds. The van der Waals surface area contributed by atoms with Gasteiger partial charge in [-0.25, -0.2) is 17.2 Å². The van der Waals surface area contributed by atoms with Crippen molar-refractivity contribution in [2.45, 2.75) is 39.0 Å². The van der Waals surface area contributed by atoms with Gasteiger partial charge in [0.2, 0.25) is 5.91 Å². The van der Waals surface area contributed by atoms with E-state index in [4.69, 9.17) is 4.74 Å². The molecule has 0 aromatic heterocycles. The monoisotopic (exact) mass is 452 g/mol. The molecule has 1 heterocycles. The van der Waals surface area contributed by atoms with E-state index in [0.717, 1.165) is 24.6 Å². The normalized spacial score (nSPS) is 16.0. The fourth-order valence-electron chi connectivity index (χ4n) is 3.26. The number of ether oxygens (including phenoxy) is 1. The molecule has 2 aromatic carbocycles. The minimum atomic E-state index is -4.53. The van der Waals surface area contributed by atoms with Crippen LogP contribution in [0.15, 0.2) is 41.3 Å². The molecule has 0 spiro atoms. The van der Waals surface area contributed by atoms with Crippen LogP contribution in [0, 0.1) is 23.0 Å². The second-order valence-electron chi connectivity index (χ2n) is 8.65. The number of nitrogens with zero attached hydrogens (tertiary/aromatic N) is 1. The molecule has 0 atom stereocenters. The molecule has 3 rings (SSSR count). The highest BCUT2D eigenvalue weighted by Gasteiger charge is 2.38. The summed E-state index contributed by atoms with van der Waals surface area (Å²) in [5.41, 5.74) is -0.302. The van der Waals surface area contributed by atoms with Crippen LogP contribution in [0.25, 0.3) is 0 Å².